The van der Waals surface area contributed by atoms with Gasteiger partial charge in [0.25, 0.3) is 0 Å². The minimum Gasteiger partial charge on any atom is -0.342 e. The minimum atomic E-state index is -0.102. The zero-order chi connectivity index (χ0) is 18.6. The normalized spacial score (nSPS) is 16.4. The Bertz CT molecular complexity index is 900. The van der Waals surface area contributed by atoms with Gasteiger partial charge in [-0.1, -0.05) is 37.6 Å². The van der Waals surface area contributed by atoms with Crippen molar-refractivity contribution in [2.24, 2.45) is 0 Å². The quantitative estimate of drug-likeness (QED) is 0.602. The largest absolute Gasteiger partial charge is 0.342 e. The maximum atomic E-state index is 13.0. The van der Waals surface area contributed by atoms with Crippen molar-refractivity contribution in [2.45, 2.75) is 49.3 Å². The van der Waals surface area contributed by atoms with Crippen molar-refractivity contribution in [2.75, 3.05) is 13.1 Å². The molecule has 1 fully saturated rings. The van der Waals surface area contributed by atoms with Gasteiger partial charge >= 0.3 is 0 Å². The zero-order valence-corrected chi connectivity index (χ0v) is 17.0. The Morgan fingerprint density at radius 1 is 1.19 bits per heavy atom. The molecule has 0 aromatic carbocycles. The number of carbonyl (C=O) groups is 1. The van der Waals surface area contributed by atoms with E-state index in [-0.39, 0.29) is 11.2 Å². The molecule has 3 aromatic heterocycles. The van der Waals surface area contributed by atoms with Crippen molar-refractivity contribution in [3.63, 3.8) is 0 Å². The van der Waals surface area contributed by atoms with Gasteiger partial charge in [0.05, 0.1) is 10.1 Å². The lowest BCUT2D eigenvalue weighted by Crippen LogP contribution is -2.38. The van der Waals surface area contributed by atoms with Gasteiger partial charge in [-0.2, -0.15) is 9.61 Å². The molecule has 1 saturated heterocycles. The third-order valence-electron chi connectivity index (χ3n) is 4.81. The van der Waals surface area contributed by atoms with Crippen LogP contribution in [0.2, 0.25) is 0 Å². The van der Waals surface area contributed by atoms with Gasteiger partial charge in [0.2, 0.25) is 5.91 Å². The summed E-state index contributed by atoms with van der Waals surface area (Å²) < 4.78 is 1.78. The van der Waals surface area contributed by atoms with E-state index in [0.29, 0.717) is 0 Å². The number of aromatic nitrogens is 4. The topological polar surface area (TPSA) is 63.4 Å². The lowest BCUT2D eigenvalue weighted by atomic mass is 10.2. The van der Waals surface area contributed by atoms with E-state index in [1.54, 1.807) is 27.6 Å². The number of likely N-dealkylation sites (tertiary alicyclic amines) is 1. The van der Waals surface area contributed by atoms with Crippen LogP contribution in [0.4, 0.5) is 0 Å². The molecule has 0 aliphatic carbocycles. The summed E-state index contributed by atoms with van der Waals surface area (Å²) in [4.78, 5) is 16.1. The van der Waals surface area contributed by atoms with Crippen molar-refractivity contribution < 1.29 is 4.79 Å². The standard InChI is InChI=1S/C19H23N5OS2/c1-2-14(19(25)23-11-5-3-4-6-12-23)27-17-10-9-16-20-21-18(24(16)22-17)15-8-7-13-26-15/h7-10,13-14H,2-6,11-12H2,1H3. The molecule has 0 N–H and O–H groups in total. The number of carbonyl (C=O) groups excluding carboxylic acids is 1. The van der Waals surface area contributed by atoms with E-state index in [0.717, 1.165) is 53.7 Å². The number of hydrogen-bond donors (Lipinski definition) is 0. The van der Waals surface area contributed by atoms with Crippen LogP contribution in [0.5, 0.6) is 0 Å². The van der Waals surface area contributed by atoms with E-state index in [2.05, 4.69) is 17.1 Å². The van der Waals surface area contributed by atoms with Gasteiger partial charge < -0.3 is 4.90 Å². The second kappa shape index (κ2) is 8.39. The Kier molecular flexibility index (Phi) is 5.73. The predicted molar refractivity (Wildman–Crippen MR) is 109 cm³/mol. The van der Waals surface area contributed by atoms with Crippen LogP contribution >= 0.6 is 23.1 Å². The SMILES string of the molecule is CCC(Sc1ccc2nnc(-c3cccs3)n2n1)C(=O)N1CCCCCC1. The highest BCUT2D eigenvalue weighted by molar-refractivity contribution is 8.00. The molecule has 142 valence electrons. The first-order valence-corrected chi connectivity index (χ1v) is 11.2. The van der Waals surface area contributed by atoms with E-state index < -0.39 is 0 Å². The van der Waals surface area contributed by atoms with Gasteiger partial charge in [-0.3, -0.25) is 4.79 Å². The number of amides is 1. The zero-order valence-electron chi connectivity index (χ0n) is 15.4. The summed E-state index contributed by atoms with van der Waals surface area (Å²) in [6.45, 7) is 3.84. The summed E-state index contributed by atoms with van der Waals surface area (Å²) in [7, 11) is 0. The lowest BCUT2D eigenvalue weighted by Gasteiger charge is -2.25. The van der Waals surface area contributed by atoms with Gasteiger partial charge in [0.1, 0.15) is 5.03 Å². The number of fused-ring (bicyclic) bond motifs is 1. The third kappa shape index (κ3) is 4.01. The van der Waals surface area contributed by atoms with Crippen molar-refractivity contribution in [3.05, 3.63) is 29.6 Å². The van der Waals surface area contributed by atoms with Crippen molar-refractivity contribution >= 4 is 34.7 Å². The minimum absolute atomic E-state index is 0.102. The first-order valence-electron chi connectivity index (χ1n) is 9.48. The molecule has 0 bridgehead atoms. The Balaban J connectivity index is 1.56. The van der Waals surface area contributed by atoms with Gasteiger partial charge in [-0.05, 0) is 42.8 Å². The average molecular weight is 402 g/mol. The smallest absolute Gasteiger partial charge is 0.236 e. The van der Waals surface area contributed by atoms with Crippen molar-refractivity contribution in [1.82, 2.24) is 24.7 Å². The third-order valence-corrected chi connectivity index (χ3v) is 6.95. The van der Waals surface area contributed by atoms with Gasteiger partial charge in [-0.25, -0.2) is 0 Å². The first-order chi connectivity index (χ1) is 13.3. The molecule has 4 heterocycles. The van der Waals surface area contributed by atoms with E-state index >= 15 is 0 Å². The Morgan fingerprint density at radius 3 is 2.70 bits per heavy atom. The fourth-order valence-corrected chi connectivity index (χ4v) is 5.02. The van der Waals surface area contributed by atoms with Crippen molar-refractivity contribution in [1.29, 1.82) is 0 Å². The number of hydrogen-bond acceptors (Lipinski definition) is 6. The van der Waals surface area contributed by atoms with Gasteiger partial charge in [0.15, 0.2) is 11.5 Å². The summed E-state index contributed by atoms with van der Waals surface area (Å²) in [5.74, 6) is 0.989. The highest BCUT2D eigenvalue weighted by Gasteiger charge is 2.25. The van der Waals surface area contributed by atoms with Gasteiger partial charge in [-0.15, -0.1) is 21.5 Å². The molecule has 0 saturated carbocycles. The molecule has 1 atom stereocenters. The molecule has 3 aromatic rings. The Morgan fingerprint density at radius 2 is 2.00 bits per heavy atom. The lowest BCUT2D eigenvalue weighted by molar-refractivity contribution is -0.130. The highest BCUT2D eigenvalue weighted by atomic mass is 32.2. The van der Waals surface area contributed by atoms with Crippen LogP contribution in [0, 0.1) is 0 Å². The summed E-state index contributed by atoms with van der Waals surface area (Å²) in [6.07, 6.45) is 5.47. The summed E-state index contributed by atoms with van der Waals surface area (Å²) in [6, 6.07) is 7.86. The fourth-order valence-electron chi connectivity index (χ4n) is 3.34. The Hall–Kier alpha value is -1.93. The highest BCUT2D eigenvalue weighted by Crippen LogP contribution is 2.28. The fraction of sp³-hybridized carbons (Fsp3) is 0.474. The van der Waals surface area contributed by atoms with Crippen LogP contribution < -0.4 is 0 Å². The van der Waals surface area contributed by atoms with Crippen LogP contribution in [-0.2, 0) is 4.79 Å². The summed E-state index contributed by atoms with van der Waals surface area (Å²) >= 11 is 3.16. The summed E-state index contributed by atoms with van der Waals surface area (Å²) in [5, 5.41) is 15.9. The molecule has 1 aliphatic rings. The van der Waals surface area contributed by atoms with E-state index in [9.17, 15) is 4.79 Å². The second-order valence-electron chi connectivity index (χ2n) is 6.70. The Labute approximate surface area is 167 Å². The molecule has 1 unspecified atom stereocenters. The average Bonchev–Trinajstić information content (AvgIpc) is 3.28. The number of thioether (sulfide) groups is 1. The number of rotatable bonds is 5. The number of nitrogens with zero attached hydrogens (tertiary/aromatic N) is 5. The molecule has 0 radical (unpaired) electrons. The van der Waals surface area contributed by atoms with Gasteiger partial charge in [0, 0.05) is 13.1 Å². The van der Waals surface area contributed by atoms with E-state index in [1.807, 2.05) is 34.5 Å². The molecule has 27 heavy (non-hydrogen) atoms. The van der Waals surface area contributed by atoms with Crippen LogP contribution in [0.15, 0.2) is 34.7 Å². The monoisotopic (exact) mass is 401 g/mol. The van der Waals surface area contributed by atoms with E-state index in [1.165, 1.54) is 12.8 Å². The molecule has 1 aliphatic heterocycles. The van der Waals surface area contributed by atoms with E-state index in [4.69, 9.17) is 5.10 Å². The second-order valence-corrected chi connectivity index (χ2v) is 8.87. The molecule has 4 rings (SSSR count). The van der Waals surface area contributed by atoms with Crippen molar-refractivity contribution in [3.8, 4) is 10.7 Å². The summed E-state index contributed by atoms with van der Waals surface area (Å²) in [5.41, 5.74) is 0.717. The predicted octanol–water partition coefficient (Wildman–Crippen LogP) is 4.13. The maximum absolute atomic E-state index is 13.0. The molecular formula is C19H23N5OS2. The molecule has 1 amide bonds. The molecule has 6 nitrogen and oxygen atoms in total. The molecule has 0 spiro atoms. The van der Waals surface area contributed by atoms with Crippen LogP contribution in [0.25, 0.3) is 16.3 Å². The number of thiophene rings is 1. The first kappa shape index (κ1) is 18.4. The van der Waals surface area contributed by atoms with Crippen LogP contribution in [-0.4, -0.2) is 49.0 Å². The van der Waals surface area contributed by atoms with Crippen LogP contribution in [0.3, 0.4) is 0 Å². The maximum Gasteiger partial charge on any atom is 0.236 e. The van der Waals surface area contributed by atoms with Crippen LogP contribution in [0.1, 0.15) is 39.0 Å². The molecular weight excluding hydrogens is 378 g/mol. The molecule has 8 heteroatoms.